The molecule has 2 heterocycles. The van der Waals surface area contributed by atoms with Crippen molar-refractivity contribution in [3.8, 4) is 0 Å². The van der Waals surface area contributed by atoms with E-state index in [1.165, 1.54) is 6.20 Å². The lowest BCUT2D eigenvalue weighted by atomic mass is 9.91. The van der Waals surface area contributed by atoms with E-state index in [1.807, 2.05) is 29.2 Å². The van der Waals surface area contributed by atoms with E-state index in [2.05, 4.69) is 25.5 Å². The Labute approximate surface area is 193 Å². The zero-order chi connectivity index (χ0) is 23.4. The summed E-state index contributed by atoms with van der Waals surface area (Å²) in [5.74, 6) is 0.291. The third kappa shape index (κ3) is 5.51. The molecule has 1 aliphatic heterocycles. The third-order valence-electron chi connectivity index (χ3n) is 6.41. The van der Waals surface area contributed by atoms with Crippen molar-refractivity contribution in [1.29, 1.82) is 0 Å². The standard InChI is InChI=1S/C23H32N8O2/c1-15(32)30-10-12-31(13-11-30)17-8-6-16(7-9-17)27-22-18(21(25)33)14-26-23(29-22)28-20-5-3-2-4-19(20)24/h6-9,14,19-20H,2-5,10-13,24H2,1H3,(H2,25,33)(H2,26,27,28,29)/t19-,20+/m0/s1. The van der Waals surface area contributed by atoms with Crippen molar-refractivity contribution >= 4 is 35.0 Å². The molecule has 1 aromatic heterocycles. The number of aromatic nitrogens is 2. The third-order valence-corrected chi connectivity index (χ3v) is 6.41. The first-order valence-electron chi connectivity index (χ1n) is 11.5. The van der Waals surface area contributed by atoms with Crippen LogP contribution in [0.2, 0.25) is 0 Å². The predicted molar refractivity (Wildman–Crippen MR) is 129 cm³/mol. The summed E-state index contributed by atoms with van der Waals surface area (Å²) < 4.78 is 0. The molecular formula is C23H32N8O2. The highest BCUT2D eigenvalue weighted by Crippen LogP contribution is 2.25. The van der Waals surface area contributed by atoms with Crippen LogP contribution < -0.4 is 27.0 Å². The van der Waals surface area contributed by atoms with E-state index < -0.39 is 5.91 Å². The molecule has 2 fully saturated rings. The molecule has 0 spiro atoms. The molecule has 4 rings (SSSR count). The molecule has 6 N–H and O–H groups in total. The molecule has 10 heteroatoms. The molecular weight excluding hydrogens is 420 g/mol. The molecule has 0 unspecified atom stereocenters. The molecule has 0 bridgehead atoms. The number of anilines is 4. The number of piperazine rings is 1. The van der Waals surface area contributed by atoms with Crippen molar-refractivity contribution in [1.82, 2.24) is 14.9 Å². The predicted octanol–water partition coefficient (Wildman–Crippen LogP) is 1.67. The molecule has 2 atom stereocenters. The van der Waals surface area contributed by atoms with Gasteiger partial charge in [-0.05, 0) is 37.1 Å². The van der Waals surface area contributed by atoms with Gasteiger partial charge in [-0.3, -0.25) is 9.59 Å². The molecule has 0 radical (unpaired) electrons. The highest BCUT2D eigenvalue weighted by molar-refractivity contribution is 5.98. The second kappa shape index (κ2) is 10.0. The van der Waals surface area contributed by atoms with Gasteiger partial charge in [-0.1, -0.05) is 12.8 Å². The summed E-state index contributed by atoms with van der Waals surface area (Å²) >= 11 is 0. The Morgan fingerprint density at radius 2 is 1.76 bits per heavy atom. The second-order valence-corrected chi connectivity index (χ2v) is 8.68. The summed E-state index contributed by atoms with van der Waals surface area (Å²) in [5, 5.41) is 6.51. The van der Waals surface area contributed by atoms with Crippen LogP contribution in [0.1, 0.15) is 43.0 Å². The largest absolute Gasteiger partial charge is 0.368 e. The van der Waals surface area contributed by atoms with Gasteiger partial charge in [0.1, 0.15) is 11.4 Å². The summed E-state index contributed by atoms with van der Waals surface area (Å²) in [6.07, 6.45) is 5.63. The van der Waals surface area contributed by atoms with Gasteiger partial charge in [0.25, 0.3) is 5.91 Å². The summed E-state index contributed by atoms with van der Waals surface area (Å²) in [5.41, 5.74) is 13.9. The van der Waals surface area contributed by atoms with Crippen LogP contribution in [0.5, 0.6) is 0 Å². The Kier molecular flexibility index (Phi) is 6.93. The Bertz CT molecular complexity index is 988. The van der Waals surface area contributed by atoms with Crippen LogP contribution in [-0.2, 0) is 4.79 Å². The van der Waals surface area contributed by atoms with Crippen LogP contribution in [0.3, 0.4) is 0 Å². The molecule has 2 aromatic rings. The first kappa shape index (κ1) is 22.8. The number of amides is 2. The minimum atomic E-state index is -0.599. The van der Waals surface area contributed by atoms with Crippen LogP contribution in [0.4, 0.5) is 23.1 Å². The number of carbonyl (C=O) groups excluding carboxylic acids is 2. The monoisotopic (exact) mass is 452 g/mol. The maximum absolute atomic E-state index is 11.9. The maximum Gasteiger partial charge on any atom is 0.254 e. The fourth-order valence-electron chi connectivity index (χ4n) is 4.40. The number of carbonyl (C=O) groups is 2. The van der Waals surface area contributed by atoms with Crippen LogP contribution >= 0.6 is 0 Å². The lowest BCUT2D eigenvalue weighted by molar-refractivity contribution is -0.129. The van der Waals surface area contributed by atoms with Crippen molar-refractivity contribution in [3.05, 3.63) is 36.0 Å². The smallest absolute Gasteiger partial charge is 0.254 e. The zero-order valence-corrected chi connectivity index (χ0v) is 19.0. The number of benzene rings is 1. The Morgan fingerprint density at radius 3 is 2.39 bits per heavy atom. The molecule has 1 saturated carbocycles. The number of hydrogen-bond acceptors (Lipinski definition) is 8. The van der Waals surface area contributed by atoms with Crippen molar-refractivity contribution in [2.45, 2.75) is 44.7 Å². The lowest BCUT2D eigenvalue weighted by Crippen LogP contribution is -2.48. The van der Waals surface area contributed by atoms with Gasteiger partial charge >= 0.3 is 0 Å². The van der Waals surface area contributed by atoms with Crippen molar-refractivity contribution in [3.63, 3.8) is 0 Å². The van der Waals surface area contributed by atoms with Crippen LogP contribution in [-0.4, -0.2) is 64.9 Å². The first-order valence-corrected chi connectivity index (χ1v) is 11.5. The van der Waals surface area contributed by atoms with E-state index >= 15 is 0 Å². The topological polar surface area (TPSA) is 142 Å². The van der Waals surface area contributed by atoms with E-state index in [4.69, 9.17) is 11.5 Å². The Morgan fingerprint density at radius 1 is 1.06 bits per heavy atom. The number of primary amides is 1. The molecule has 1 saturated heterocycles. The highest BCUT2D eigenvalue weighted by Gasteiger charge is 2.23. The molecule has 2 aliphatic rings. The number of hydrogen-bond donors (Lipinski definition) is 4. The molecule has 10 nitrogen and oxygen atoms in total. The number of nitrogens with one attached hydrogen (secondary N) is 2. The fourth-order valence-corrected chi connectivity index (χ4v) is 4.40. The van der Waals surface area contributed by atoms with E-state index in [0.29, 0.717) is 11.8 Å². The van der Waals surface area contributed by atoms with Gasteiger partial charge < -0.3 is 31.9 Å². The normalized spacial score (nSPS) is 20.9. The van der Waals surface area contributed by atoms with Crippen molar-refractivity contribution < 1.29 is 9.59 Å². The minimum Gasteiger partial charge on any atom is -0.368 e. The average Bonchev–Trinajstić information content (AvgIpc) is 2.81. The van der Waals surface area contributed by atoms with Gasteiger partial charge in [0.15, 0.2) is 0 Å². The Balaban J connectivity index is 1.46. The van der Waals surface area contributed by atoms with Crippen LogP contribution in [0, 0.1) is 0 Å². The first-order chi connectivity index (χ1) is 15.9. The van der Waals surface area contributed by atoms with E-state index in [1.54, 1.807) is 6.92 Å². The van der Waals surface area contributed by atoms with Gasteiger partial charge in [-0.2, -0.15) is 4.98 Å². The molecule has 1 aliphatic carbocycles. The van der Waals surface area contributed by atoms with Gasteiger partial charge in [-0.15, -0.1) is 0 Å². The summed E-state index contributed by atoms with van der Waals surface area (Å²) in [6.45, 7) is 4.64. The van der Waals surface area contributed by atoms with Crippen molar-refractivity contribution in [2.24, 2.45) is 11.5 Å². The average molecular weight is 453 g/mol. The van der Waals surface area contributed by atoms with E-state index in [9.17, 15) is 9.59 Å². The molecule has 33 heavy (non-hydrogen) atoms. The fraction of sp³-hybridized carbons (Fsp3) is 0.478. The van der Waals surface area contributed by atoms with Crippen LogP contribution in [0.15, 0.2) is 30.5 Å². The number of nitrogens with zero attached hydrogens (tertiary/aromatic N) is 4. The van der Waals surface area contributed by atoms with Crippen molar-refractivity contribution in [2.75, 3.05) is 41.7 Å². The highest BCUT2D eigenvalue weighted by atomic mass is 16.2. The zero-order valence-electron chi connectivity index (χ0n) is 19.0. The number of rotatable bonds is 6. The summed E-state index contributed by atoms with van der Waals surface area (Å²) in [4.78, 5) is 36.4. The summed E-state index contributed by atoms with van der Waals surface area (Å²) in [6, 6.07) is 8.05. The maximum atomic E-state index is 11.9. The van der Waals surface area contributed by atoms with Crippen LogP contribution in [0.25, 0.3) is 0 Å². The Hall–Kier alpha value is -3.40. The number of nitrogens with two attached hydrogens (primary N) is 2. The van der Waals surface area contributed by atoms with Gasteiger partial charge in [0.05, 0.1) is 0 Å². The molecule has 2 amide bonds. The lowest BCUT2D eigenvalue weighted by Gasteiger charge is -2.35. The van der Waals surface area contributed by atoms with Gasteiger partial charge in [0, 0.05) is 62.8 Å². The summed E-state index contributed by atoms with van der Waals surface area (Å²) in [7, 11) is 0. The SMILES string of the molecule is CC(=O)N1CCN(c2ccc(Nc3nc(N[C@@H]4CCCC[C@@H]4N)ncc3C(N)=O)cc2)CC1. The molecule has 1 aromatic carbocycles. The van der Waals surface area contributed by atoms with E-state index in [-0.39, 0.29) is 23.6 Å². The van der Waals surface area contributed by atoms with Gasteiger partial charge in [0.2, 0.25) is 11.9 Å². The molecule has 176 valence electrons. The van der Waals surface area contributed by atoms with Gasteiger partial charge in [-0.25, -0.2) is 4.98 Å². The minimum absolute atomic E-state index is 0.0550. The second-order valence-electron chi connectivity index (χ2n) is 8.68. The van der Waals surface area contributed by atoms with E-state index in [0.717, 1.165) is 63.2 Å². The quantitative estimate of drug-likeness (QED) is 0.518.